The minimum absolute atomic E-state index is 0.0814. The molecule has 0 amide bonds. The summed E-state index contributed by atoms with van der Waals surface area (Å²) in [6.07, 6.45) is 6.75. The second-order valence-corrected chi connectivity index (χ2v) is 6.45. The molecule has 0 bridgehead atoms. The van der Waals surface area contributed by atoms with Crippen molar-refractivity contribution in [2.45, 2.75) is 57.6 Å². The number of hydrogen-bond acceptors (Lipinski definition) is 4. The summed E-state index contributed by atoms with van der Waals surface area (Å²) in [5, 5.41) is 22.0. The lowest BCUT2D eigenvalue weighted by Crippen LogP contribution is -2.26. The van der Waals surface area contributed by atoms with Gasteiger partial charge in [0.15, 0.2) is 6.61 Å². The Morgan fingerprint density at radius 3 is 2.74 bits per heavy atom. The summed E-state index contributed by atoms with van der Waals surface area (Å²) in [6.45, 7) is 3.21. The van der Waals surface area contributed by atoms with E-state index in [0.29, 0.717) is 5.92 Å². The first-order chi connectivity index (χ1) is 11.2. The molecule has 1 aromatic carbocycles. The zero-order valence-electron chi connectivity index (χ0n) is 14.0. The van der Waals surface area contributed by atoms with Crippen LogP contribution in [0.15, 0.2) is 24.3 Å². The topological polar surface area (TPSA) is 65.3 Å². The first-order valence-corrected chi connectivity index (χ1v) is 8.72. The van der Waals surface area contributed by atoms with Crippen molar-refractivity contribution >= 4 is 0 Å². The van der Waals surface area contributed by atoms with Gasteiger partial charge in [0.1, 0.15) is 11.8 Å². The van der Waals surface area contributed by atoms with E-state index in [4.69, 9.17) is 10.00 Å². The Morgan fingerprint density at radius 2 is 2.04 bits per heavy atom. The average molecular weight is 316 g/mol. The highest BCUT2D eigenvalue weighted by Crippen LogP contribution is 2.27. The maximum Gasteiger partial charge on any atom is 0.174 e. The van der Waals surface area contributed by atoms with E-state index in [0.717, 1.165) is 31.6 Å². The van der Waals surface area contributed by atoms with Crippen molar-refractivity contribution in [2.75, 3.05) is 13.2 Å². The minimum atomic E-state index is -0.0814. The molecule has 1 aliphatic rings. The molecule has 0 aliphatic heterocycles. The minimum Gasteiger partial charge on any atom is -0.479 e. The van der Waals surface area contributed by atoms with Crippen LogP contribution in [-0.2, 0) is 0 Å². The van der Waals surface area contributed by atoms with Crippen LogP contribution < -0.4 is 10.1 Å². The fraction of sp³-hybridized carbons (Fsp3) is 0.632. The van der Waals surface area contributed by atoms with Crippen molar-refractivity contribution in [3.63, 3.8) is 0 Å². The Balaban J connectivity index is 1.68. The third kappa shape index (κ3) is 5.85. The van der Waals surface area contributed by atoms with Gasteiger partial charge < -0.3 is 15.2 Å². The number of rotatable bonds is 8. The molecule has 4 nitrogen and oxygen atoms in total. The molecule has 0 aromatic heterocycles. The largest absolute Gasteiger partial charge is 0.479 e. The maximum absolute atomic E-state index is 9.99. The third-order valence-electron chi connectivity index (χ3n) is 4.75. The normalized spacial score (nSPS) is 22.3. The van der Waals surface area contributed by atoms with Crippen LogP contribution in [0, 0.1) is 17.2 Å². The van der Waals surface area contributed by atoms with Gasteiger partial charge in [0, 0.05) is 6.04 Å². The molecule has 2 rings (SSSR count). The van der Waals surface area contributed by atoms with Gasteiger partial charge in [0.05, 0.1) is 6.10 Å². The molecule has 23 heavy (non-hydrogen) atoms. The van der Waals surface area contributed by atoms with Gasteiger partial charge in [-0.1, -0.05) is 25.0 Å². The Bertz CT molecular complexity index is 495. The molecule has 1 saturated carbocycles. The number of benzene rings is 1. The number of nitrogens with zero attached hydrogens (tertiary/aromatic N) is 1. The van der Waals surface area contributed by atoms with Crippen molar-refractivity contribution in [3.05, 3.63) is 29.8 Å². The van der Waals surface area contributed by atoms with Gasteiger partial charge in [-0.05, 0) is 62.8 Å². The average Bonchev–Trinajstić information content (AvgIpc) is 2.58. The molecule has 3 atom stereocenters. The quantitative estimate of drug-likeness (QED) is 0.720. The van der Waals surface area contributed by atoms with E-state index in [2.05, 4.69) is 12.2 Å². The summed E-state index contributed by atoms with van der Waals surface area (Å²) in [5.41, 5.74) is 1.21. The molecule has 3 unspecified atom stereocenters. The van der Waals surface area contributed by atoms with Crippen LogP contribution in [0.3, 0.4) is 0 Å². The van der Waals surface area contributed by atoms with Crippen LogP contribution in [0.1, 0.15) is 57.1 Å². The molecule has 2 N–H and O–H groups in total. The van der Waals surface area contributed by atoms with Crippen LogP contribution in [0.25, 0.3) is 0 Å². The van der Waals surface area contributed by atoms with Gasteiger partial charge >= 0.3 is 0 Å². The Kier molecular flexibility index (Phi) is 7.38. The summed E-state index contributed by atoms with van der Waals surface area (Å²) in [6, 6.07) is 10.1. The summed E-state index contributed by atoms with van der Waals surface area (Å²) in [5.74, 6) is 1.23. The third-order valence-corrected chi connectivity index (χ3v) is 4.75. The van der Waals surface area contributed by atoms with Gasteiger partial charge in [-0.3, -0.25) is 0 Å². The number of nitrogens with one attached hydrogen (secondary N) is 1. The highest BCUT2D eigenvalue weighted by molar-refractivity contribution is 5.29. The van der Waals surface area contributed by atoms with Gasteiger partial charge in [0.2, 0.25) is 0 Å². The lowest BCUT2D eigenvalue weighted by Gasteiger charge is -2.27. The second-order valence-electron chi connectivity index (χ2n) is 6.45. The first-order valence-electron chi connectivity index (χ1n) is 8.72. The standard InChI is InChI=1S/C19H28N2O2/c1-15(16-8-10-18(11-9-16)23-14-12-20)21-13-4-6-17-5-2-3-7-19(17)22/h8-11,15,17,19,21-22H,2-7,13-14H2,1H3. The zero-order chi connectivity index (χ0) is 16.5. The number of ether oxygens (including phenoxy) is 1. The van der Waals surface area contributed by atoms with Crippen LogP contribution in [-0.4, -0.2) is 24.4 Å². The molecule has 1 aliphatic carbocycles. The molecule has 0 saturated heterocycles. The van der Waals surface area contributed by atoms with E-state index >= 15 is 0 Å². The number of nitriles is 1. The van der Waals surface area contributed by atoms with Crippen molar-refractivity contribution in [3.8, 4) is 11.8 Å². The molecule has 1 aromatic rings. The Morgan fingerprint density at radius 1 is 1.30 bits per heavy atom. The fourth-order valence-electron chi connectivity index (χ4n) is 3.29. The molecule has 0 spiro atoms. The molecule has 0 heterocycles. The van der Waals surface area contributed by atoms with Crippen molar-refractivity contribution in [2.24, 2.45) is 5.92 Å². The fourth-order valence-corrected chi connectivity index (χ4v) is 3.29. The SMILES string of the molecule is CC(NCCCC1CCCCC1O)c1ccc(OCC#N)cc1. The van der Waals surface area contributed by atoms with E-state index in [1.165, 1.54) is 24.8 Å². The lowest BCUT2D eigenvalue weighted by atomic mass is 9.83. The molecule has 1 fully saturated rings. The molecule has 126 valence electrons. The van der Waals surface area contributed by atoms with Crippen LogP contribution in [0.5, 0.6) is 5.75 Å². The summed E-state index contributed by atoms with van der Waals surface area (Å²) >= 11 is 0. The predicted octanol–water partition coefficient (Wildman–Crippen LogP) is 3.57. The molecular weight excluding hydrogens is 288 g/mol. The number of aliphatic hydroxyl groups is 1. The highest BCUT2D eigenvalue weighted by atomic mass is 16.5. The highest BCUT2D eigenvalue weighted by Gasteiger charge is 2.22. The smallest absolute Gasteiger partial charge is 0.174 e. The molecule has 0 radical (unpaired) electrons. The summed E-state index contributed by atoms with van der Waals surface area (Å²) in [7, 11) is 0. The van der Waals surface area contributed by atoms with Crippen molar-refractivity contribution < 1.29 is 9.84 Å². The zero-order valence-corrected chi connectivity index (χ0v) is 14.0. The van der Waals surface area contributed by atoms with Crippen molar-refractivity contribution in [1.82, 2.24) is 5.32 Å². The van der Waals surface area contributed by atoms with E-state index in [1.807, 2.05) is 30.3 Å². The molecule has 4 heteroatoms. The van der Waals surface area contributed by atoms with Crippen LogP contribution in [0.2, 0.25) is 0 Å². The number of aliphatic hydroxyl groups excluding tert-OH is 1. The maximum atomic E-state index is 9.99. The van der Waals surface area contributed by atoms with Gasteiger partial charge in [-0.25, -0.2) is 0 Å². The van der Waals surface area contributed by atoms with E-state index in [-0.39, 0.29) is 18.8 Å². The van der Waals surface area contributed by atoms with Gasteiger partial charge in [-0.2, -0.15) is 5.26 Å². The van der Waals surface area contributed by atoms with E-state index in [1.54, 1.807) is 0 Å². The number of hydrogen-bond donors (Lipinski definition) is 2. The van der Waals surface area contributed by atoms with Gasteiger partial charge in [-0.15, -0.1) is 0 Å². The monoisotopic (exact) mass is 316 g/mol. The van der Waals surface area contributed by atoms with Gasteiger partial charge in [0.25, 0.3) is 0 Å². The van der Waals surface area contributed by atoms with Crippen molar-refractivity contribution in [1.29, 1.82) is 5.26 Å². The van der Waals surface area contributed by atoms with Crippen LogP contribution in [0.4, 0.5) is 0 Å². The van der Waals surface area contributed by atoms with E-state index in [9.17, 15) is 5.11 Å². The Hall–Kier alpha value is -1.57. The van der Waals surface area contributed by atoms with Crippen LogP contribution >= 0.6 is 0 Å². The Labute approximate surface area is 139 Å². The predicted molar refractivity (Wildman–Crippen MR) is 91.2 cm³/mol. The first kappa shape index (κ1) is 17.8. The second kappa shape index (κ2) is 9.54. The summed E-state index contributed by atoms with van der Waals surface area (Å²) in [4.78, 5) is 0. The lowest BCUT2D eigenvalue weighted by molar-refractivity contribution is 0.0642. The van der Waals surface area contributed by atoms with E-state index < -0.39 is 0 Å². The summed E-state index contributed by atoms with van der Waals surface area (Å²) < 4.78 is 5.26. The molecular formula is C19H28N2O2.